The number of aromatic nitrogens is 2. The van der Waals surface area contributed by atoms with Gasteiger partial charge in [-0.05, 0) is 11.1 Å². The Balaban J connectivity index is 2.29. The summed E-state index contributed by atoms with van der Waals surface area (Å²) in [7, 11) is 0. The van der Waals surface area contributed by atoms with Crippen LogP contribution < -0.4 is 0 Å². The molecule has 0 aliphatic rings. The third-order valence-electron chi connectivity index (χ3n) is 3.38. The Morgan fingerprint density at radius 2 is 1.24 bits per heavy atom. The largest absolute Gasteiger partial charge is 0.374 e. The smallest absolute Gasteiger partial charge is 0.238 e. The summed E-state index contributed by atoms with van der Waals surface area (Å²) in [6, 6.07) is 17.8. The van der Waals surface area contributed by atoms with Gasteiger partial charge >= 0.3 is 0 Å². The number of rotatable bonds is 3. The standard InChI is InChI=1S/C17H13FN2O/c18-16-15(19-11-12-20-16)17(21,13-7-3-1-4-8-13)14-9-5-2-6-10-14/h1-12,21H. The van der Waals surface area contributed by atoms with Crippen molar-refractivity contribution in [3.8, 4) is 0 Å². The van der Waals surface area contributed by atoms with E-state index in [9.17, 15) is 9.50 Å². The van der Waals surface area contributed by atoms with Crippen LogP contribution in [0.3, 0.4) is 0 Å². The number of benzene rings is 2. The lowest BCUT2D eigenvalue weighted by Crippen LogP contribution is -2.31. The van der Waals surface area contributed by atoms with Crippen LogP contribution in [0.2, 0.25) is 0 Å². The molecule has 0 fully saturated rings. The van der Waals surface area contributed by atoms with E-state index in [2.05, 4.69) is 9.97 Å². The summed E-state index contributed by atoms with van der Waals surface area (Å²) in [6.07, 6.45) is 2.63. The number of halogens is 1. The van der Waals surface area contributed by atoms with Crippen molar-refractivity contribution in [3.63, 3.8) is 0 Å². The minimum Gasteiger partial charge on any atom is -0.374 e. The Morgan fingerprint density at radius 3 is 1.71 bits per heavy atom. The van der Waals surface area contributed by atoms with Crippen LogP contribution >= 0.6 is 0 Å². The topological polar surface area (TPSA) is 46.0 Å². The summed E-state index contributed by atoms with van der Waals surface area (Å²) in [5.41, 5.74) is -0.713. The fraction of sp³-hybridized carbons (Fsp3) is 0.0588. The molecule has 0 unspecified atom stereocenters. The number of nitrogens with zero attached hydrogens (tertiary/aromatic N) is 2. The summed E-state index contributed by atoms with van der Waals surface area (Å²) in [6.45, 7) is 0. The minimum absolute atomic E-state index is 0.109. The Labute approximate surface area is 121 Å². The van der Waals surface area contributed by atoms with E-state index in [1.54, 1.807) is 48.5 Å². The fourth-order valence-electron chi connectivity index (χ4n) is 2.36. The van der Waals surface area contributed by atoms with Crippen molar-refractivity contribution in [1.29, 1.82) is 0 Å². The molecule has 1 aromatic heterocycles. The molecule has 0 aliphatic heterocycles. The second-order valence-electron chi connectivity index (χ2n) is 4.64. The van der Waals surface area contributed by atoms with Gasteiger partial charge in [0.25, 0.3) is 0 Å². The highest BCUT2D eigenvalue weighted by Crippen LogP contribution is 2.35. The van der Waals surface area contributed by atoms with E-state index in [4.69, 9.17) is 0 Å². The van der Waals surface area contributed by atoms with Gasteiger partial charge in [-0.2, -0.15) is 4.39 Å². The average Bonchev–Trinajstić information content (AvgIpc) is 2.56. The maximum absolute atomic E-state index is 14.1. The molecule has 0 bridgehead atoms. The van der Waals surface area contributed by atoms with Crippen LogP contribution in [0.25, 0.3) is 0 Å². The van der Waals surface area contributed by atoms with Crippen molar-refractivity contribution in [1.82, 2.24) is 9.97 Å². The summed E-state index contributed by atoms with van der Waals surface area (Å²) in [4.78, 5) is 7.62. The highest BCUT2D eigenvalue weighted by molar-refractivity contribution is 5.43. The molecule has 0 atom stereocenters. The van der Waals surface area contributed by atoms with E-state index >= 15 is 0 Å². The molecule has 3 rings (SSSR count). The molecular formula is C17H13FN2O. The zero-order chi connectivity index (χ0) is 14.7. The Morgan fingerprint density at radius 1 is 0.762 bits per heavy atom. The maximum atomic E-state index is 14.1. The lowest BCUT2D eigenvalue weighted by molar-refractivity contribution is 0.114. The van der Waals surface area contributed by atoms with Gasteiger partial charge < -0.3 is 5.11 Å². The maximum Gasteiger partial charge on any atom is 0.238 e. The van der Waals surface area contributed by atoms with Gasteiger partial charge in [0.05, 0.1) is 0 Å². The van der Waals surface area contributed by atoms with Gasteiger partial charge in [0, 0.05) is 12.4 Å². The summed E-state index contributed by atoms with van der Waals surface area (Å²) < 4.78 is 14.1. The SMILES string of the molecule is OC(c1ccccc1)(c1ccccc1)c1nccnc1F. The van der Waals surface area contributed by atoms with Crippen LogP contribution in [0.15, 0.2) is 73.1 Å². The molecule has 0 saturated heterocycles. The predicted molar refractivity (Wildman–Crippen MR) is 77.0 cm³/mol. The Hall–Kier alpha value is -2.59. The molecule has 4 heteroatoms. The first-order valence-corrected chi connectivity index (χ1v) is 6.53. The average molecular weight is 280 g/mol. The molecule has 21 heavy (non-hydrogen) atoms. The van der Waals surface area contributed by atoms with Crippen molar-refractivity contribution in [2.24, 2.45) is 0 Å². The molecule has 0 amide bonds. The van der Waals surface area contributed by atoms with Crippen LogP contribution in [0.5, 0.6) is 0 Å². The van der Waals surface area contributed by atoms with Crippen molar-refractivity contribution in [3.05, 3.63) is 95.8 Å². The first-order valence-electron chi connectivity index (χ1n) is 6.53. The second kappa shape index (κ2) is 5.42. The second-order valence-corrected chi connectivity index (χ2v) is 4.64. The summed E-state index contributed by atoms with van der Waals surface area (Å²) >= 11 is 0. The first-order chi connectivity index (χ1) is 10.2. The molecule has 3 nitrogen and oxygen atoms in total. The van der Waals surface area contributed by atoms with E-state index in [0.717, 1.165) is 0 Å². The highest BCUT2D eigenvalue weighted by Gasteiger charge is 2.38. The van der Waals surface area contributed by atoms with E-state index in [1.165, 1.54) is 12.4 Å². The lowest BCUT2D eigenvalue weighted by atomic mass is 9.83. The summed E-state index contributed by atoms with van der Waals surface area (Å²) in [5, 5.41) is 11.3. The van der Waals surface area contributed by atoms with Gasteiger partial charge in [-0.1, -0.05) is 60.7 Å². The molecular weight excluding hydrogens is 267 g/mol. The number of hydrogen-bond acceptors (Lipinski definition) is 3. The molecule has 3 aromatic rings. The van der Waals surface area contributed by atoms with Crippen LogP contribution in [-0.4, -0.2) is 15.1 Å². The normalized spacial score (nSPS) is 11.3. The van der Waals surface area contributed by atoms with E-state index in [1.807, 2.05) is 12.1 Å². The van der Waals surface area contributed by atoms with Crippen LogP contribution in [0.4, 0.5) is 4.39 Å². The monoisotopic (exact) mass is 280 g/mol. The molecule has 0 spiro atoms. The van der Waals surface area contributed by atoms with Crippen LogP contribution in [0.1, 0.15) is 16.8 Å². The fourth-order valence-corrected chi connectivity index (χ4v) is 2.36. The molecule has 104 valence electrons. The molecule has 1 heterocycles. The van der Waals surface area contributed by atoms with Crippen molar-refractivity contribution >= 4 is 0 Å². The molecule has 2 aromatic carbocycles. The van der Waals surface area contributed by atoms with E-state index < -0.39 is 11.5 Å². The molecule has 0 aliphatic carbocycles. The minimum atomic E-state index is -1.68. The quantitative estimate of drug-likeness (QED) is 0.802. The predicted octanol–water partition coefficient (Wildman–Crippen LogP) is 2.90. The van der Waals surface area contributed by atoms with E-state index in [-0.39, 0.29) is 5.69 Å². The number of aliphatic hydroxyl groups is 1. The third kappa shape index (κ3) is 2.30. The van der Waals surface area contributed by atoms with Gasteiger partial charge in [0.2, 0.25) is 5.95 Å². The van der Waals surface area contributed by atoms with Crippen LogP contribution in [0, 0.1) is 5.95 Å². The van der Waals surface area contributed by atoms with Crippen molar-refractivity contribution in [2.75, 3.05) is 0 Å². The molecule has 0 saturated carbocycles. The number of hydrogen-bond donors (Lipinski definition) is 1. The van der Waals surface area contributed by atoms with Crippen molar-refractivity contribution in [2.45, 2.75) is 5.60 Å². The Kier molecular flexibility index (Phi) is 3.46. The third-order valence-corrected chi connectivity index (χ3v) is 3.38. The zero-order valence-corrected chi connectivity index (χ0v) is 11.1. The Bertz CT molecular complexity index is 693. The molecule has 0 radical (unpaired) electrons. The van der Waals surface area contributed by atoms with Crippen molar-refractivity contribution < 1.29 is 9.50 Å². The lowest BCUT2D eigenvalue weighted by Gasteiger charge is -2.28. The summed E-state index contributed by atoms with van der Waals surface area (Å²) in [5.74, 6) is -0.785. The zero-order valence-electron chi connectivity index (χ0n) is 11.1. The van der Waals surface area contributed by atoms with Gasteiger partial charge in [0.15, 0.2) is 5.60 Å². The van der Waals surface area contributed by atoms with Gasteiger partial charge in [-0.15, -0.1) is 0 Å². The van der Waals surface area contributed by atoms with E-state index in [0.29, 0.717) is 11.1 Å². The highest BCUT2D eigenvalue weighted by atomic mass is 19.1. The molecule has 1 N–H and O–H groups in total. The van der Waals surface area contributed by atoms with Crippen LogP contribution in [-0.2, 0) is 5.60 Å². The van der Waals surface area contributed by atoms with Gasteiger partial charge in [-0.3, -0.25) is 4.98 Å². The first kappa shape index (κ1) is 13.4. The van der Waals surface area contributed by atoms with Gasteiger partial charge in [0.1, 0.15) is 5.69 Å². The van der Waals surface area contributed by atoms with Gasteiger partial charge in [-0.25, -0.2) is 4.98 Å².